The van der Waals surface area contributed by atoms with Crippen LogP contribution in [0.4, 0.5) is 11.5 Å². The molecule has 3 N–H and O–H groups in total. The summed E-state index contributed by atoms with van der Waals surface area (Å²) in [5, 5.41) is 3.36. The molecule has 2 aromatic rings. The van der Waals surface area contributed by atoms with E-state index in [1.165, 1.54) is 24.1 Å². The van der Waals surface area contributed by atoms with Crippen LogP contribution < -0.4 is 11.1 Å². The zero-order valence-electron chi connectivity index (χ0n) is 10.5. The molecule has 0 spiro atoms. The number of aryl methyl sites for hydroxylation is 3. The van der Waals surface area contributed by atoms with Gasteiger partial charge in [0.2, 0.25) is 0 Å². The Morgan fingerprint density at radius 2 is 2.28 bits per heavy atom. The monoisotopic (exact) mass is 259 g/mol. The summed E-state index contributed by atoms with van der Waals surface area (Å²) in [6.07, 6.45) is 3.85. The second-order valence-electron chi connectivity index (χ2n) is 4.74. The molecule has 0 amide bonds. The van der Waals surface area contributed by atoms with E-state index in [0.717, 1.165) is 23.7 Å². The number of nitrogens with zero attached hydrogens (tertiary/aromatic N) is 1. The maximum atomic E-state index is 5.76. The summed E-state index contributed by atoms with van der Waals surface area (Å²) in [4.78, 5) is 7.40. The predicted molar refractivity (Wildman–Crippen MR) is 77.1 cm³/mol. The first-order valence-electron chi connectivity index (χ1n) is 6.30. The Labute approximate surface area is 111 Å². The summed E-state index contributed by atoms with van der Waals surface area (Å²) in [6, 6.07) is 6.17. The van der Waals surface area contributed by atoms with E-state index in [0.29, 0.717) is 0 Å². The van der Waals surface area contributed by atoms with Gasteiger partial charge in [0.05, 0.1) is 17.9 Å². The van der Waals surface area contributed by atoms with E-state index < -0.39 is 0 Å². The van der Waals surface area contributed by atoms with Crippen molar-refractivity contribution in [2.45, 2.75) is 32.7 Å². The average Bonchev–Trinajstić information content (AvgIpc) is 2.91. The second kappa shape index (κ2) is 4.61. The first-order valence-corrected chi connectivity index (χ1v) is 7.11. The van der Waals surface area contributed by atoms with Gasteiger partial charge in [-0.25, -0.2) is 4.98 Å². The van der Waals surface area contributed by atoms with Gasteiger partial charge in [0, 0.05) is 9.75 Å². The lowest BCUT2D eigenvalue weighted by molar-refractivity contribution is 0.913. The Morgan fingerprint density at radius 1 is 1.39 bits per heavy atom. The SMILES string of the molecule is Cc1nc(NCc2cc3c(s2)CCC3)ccc1N. The molecule has 0 unspecified atom stereocenters. The van der Waals surface area contributed by atoms with E-state index in [4.69, 9.17) is 5.73 Å². The smallest absolute Gasteiger partial charge is 0.126 e. The molecule has 3 nitrogen and oxygen atoms in total. The summed E-state index contributed by atoms with van der Waals surface area (Å²) in [6.45, 7) is 2.79. The van der Waals surface area contributed by atoms with Gasteiger partial charge in [-0.05, 0) is 49.9 Å². The number of nitrogens with one attached hydrogen (secondary N) is 1. The van der Waals surface area contributed by atoms with Gasteiger partial charge in [0.25, 0.3) is 0 Å². The van der Waals surface area contributed by atoms with E-state index in [2.05, 4.69) is 16.4 Å². The summed E-state index contributed by atoms with van der Waals surface area (Å²) >= 11 is 1.93. The first kappa shape index (κ1) is 11.5. The molecule has 1 aliphatic rings. The van der Waals surface area contributed by atoms with Crippen LogP contribution in [0, 0.1) is 6.92 Å². The van der Waals surface area contributed by atoms with E-state index >= 15 is 0 Å². The van der Waals surface area contributed by atoms with E-state index in [1.807, 2.05) is 30.4 Å². The Morgan fingerprint density at radius 3 is 3.06 bits per heavy atom. The minimum atomic E-state index is 0.746. The van der Waals surface area contributed by atoms with Gasteiger partial charge in [-0.15, -0.1) is 11.3 Å². The lowest BCUT2D eigenvalue weighted by atomic mass is 10.2. The van der Waals surface area contributed by atoms with E-state index in [9.17, 15) is 0 Å². The Bertz CT molecular complexity index is 553. The van der Waals surface area contributed by atoms with Crippen LogP contribution in [0.1, 0.15) is 27.4 Å². The number of hydrogen-bond donors (Lipinski definition) is 2. The average molecular weight is 259 g/mol. The Balaban J connectivity index is 1.68. The van der Waals surface area contributed by atoms with Gasteiger partial charge in [0.15, 0.2) is 0 Å². The molecule has 3 rings (SSSR count). The van der Waals surface area contributed by atoms with E-state index in [1.54, 1.807) is 10.4 Å². The highest BCUT2D eigenvalue weighted by atomic mass is 32.1. The predicted octanol–water partition coefficient (Wildman–Crippen LogP) is 3.13. The molecule has 4 heteroatoms. The fraction of sp³-hybridized carbons (Fsp3) is 0.357. The Kier molecular flexibility index (Phi) is 2.96. The van der Waals surface area contributed by atoms with Crippen LogP contribution >= 0.6 is 11.3 Å². The largest absolute Gasteiger partial charge is 0.397 e. The molecule has 0 atom stereocenters. The van der Waals surface area contributed by atoms with Crippen molar-refractivity contribution in [3.8, 4) is 0 Å². The number of fused-ring (bicyclic) bond motifs is 1. The highest BCUT2D eigenvalue weighted by Gasteiger charge is 2.14. The van der Waals surface area contributed by atoms with Crippen molar-refractivity contribution in [1.82, 2.24) is 4.98 Å². The van der Waals surface area contributed by atoms with Gasteiger partial charge in [-0.2, -0.15) is 0 Å². The maximum Gasteiger partial charge on any atom is 0.126 e. The number of nitrogens with two attached hydrogens (primary N) is 1. The minimum Gasteiger partial charge on any atom is -0.397 e. The van der Waals surface area contributed by atoms with Crippen LogP contribution in [-0.2, 0) is 19.4 Å². The summed E-state index contributed by atoms with van der Waals surface area (Å²) < 4.78 is 0. The van der Waals surface area contributed by atoms with Gasteiger partial charge in [-0.3, -0.25) is 0 Å². The molecule has 0 saturated heterocycles. The van der Waals surface area contributed by atoms with Crippen LogP contribution in [0.3, 0.4) is 0 Å². The number of nitrogen functional groups attached to an aromatic ring is 1. The summed E-state index contributed by atoms with van der Waals surface area (Å²) in [5.41, 5.74) is 8.94. The number of rotatable bonds is 3. The molecule has 0 aliphatic heterocycles. The van der Waals surface area contributed by atoms with Crippen LogP contribution in [0.2, 0.25) is 0 Å². The molecule has 0 bridgehead atoms. The number of anilines is 2. The fourth-order valence-corrected chi connectivity index (χ4v) is 3.53. The topological polar surface area (TPSA) is 50.9 Å². The molecule has 0 fully saturated rings. The van der Waals surface area contributed by atoms with Crippen molar-refractivity contribution in [2.75, 3.05) is 11.1 Å². The van der Waals surface area contributed by atoms with Crippen molar-refractivity contribution in [1.29, 1.82) is 0 Å². The molecular formula is C14H17N3S. The molecule has 2 heterocycles. The summed E-state index contributed by atoms with van der Waals surface area (Å²) in [7, 11) is 0. The highest BCUT2D eigenvalue weighted by molar-refractivity contribution is 7.12. The van der Waals surface area contributed by atoms with Crippen molar-refractivity contribution >= 4 is 22.8 Å². The van der Waals surface area contributed by atoms with Crippen LogP contribution in [-0.4, -0.2) is 4.98 Å². The maximum absolute atomic E-state index is 5.76. The fourth-order valence-electron chi connectivity index (χ4n) is 2.33. The zero-order chi connectivity index (χ0) is 12.5. The highest BCUT2D eigenvalue weighted by Crippen LogP contribution is 2.30. The molecule has 94 valence electrons. The molecule has 18 heavy (non-hydrogen) atoms. The van der Waals surface area contributed by atoms with Crippen LogP contribution in [0.5, 0.6) is 0 Å². The van der Waals surface area contributed by atoms with Crippen LogP contribution in [0.15, 0.2) is 18.2 Å². The number of hydrogen-bond acceptors (Lipinski definition) is 4. The third kappa shape index (κ3) is 2.20. The lowest BCUT2D eigenvalue weighted by Gasteiger charge is -2.06. The van der Waals surface area contributed by atoms with Crippen molar-refractivity contribution in [2.24, 2.45) is 0 Å². The zero-order valence-corrected chi connectivity index (χ0v) is 11.3. The van der Waals surface area contributed by atoms with Gasteiger partial charge < -0.3 is 11.1 Å². The number of aromatic nitrogens is 1. The summed E-state index contributed by atoms with van der Waals surface area (Å²) in [5.74, 6) is 0.898. The van der Waals surface area contributed by atoms with Crippen molar-refractivity contribution in [3.05, 3.63) is 39.2 Å². The second-order valence-corrected chi connectivity index (χ2v) is 5.96. The third-order valence-electron chi connectivity index (χ3n) is 3.37. The van der Waals surface area contributed by atoms with Crippen molar-refractivity contribution in [3.63, 3.8) is 0 Å². The first-order chi connectivity index (χ1) is 8.72. The van der Waals surface area contributed by atoms with Crippen LogP contribution in [0.25, 0.3) is 0 Å². The molecule has 1 aliphatic carbocycles. The molecular weight excluding hydrogens is 242 g/mol. The van der Waals surface area contributed by atoms with Gasteiger partial charge in [-0.1, -0.05) is 0 Å². The Hall–Kier alpha value is -1.55. The molecule has 0 radical (unpaired) electrons. The van der Waals surface area contributed by atoms with Gasteiger partial charge in [0.1, 0.15) is 5.82 Å². The third-order valence-corrected chi connectivity index (χ3v) is 4.61. The molecule has 0 saturated carbocycles. The minimum absolute atomic E-state index is 0.746. The quantitative estimate of drug-likeness (QED) is 0.890. The molecule has 0 aromatic carbocycles. The molecule has 2 aromatic heterocycles. The van der Waals surface area contributed by atoms with Gasteiger partial charge >= 0.3 is 0 Å². The normalized spacial score (nSPS) is 13.6. The van der Waals surface area contributed by atoms with Crippen molar-refractivity contribution < 1.29 is 0 Å². The lowest BCUT2D eigenvalue weighted by Crippen LogP contribution is -2.02. The number of thiophene rings is 1. The standard InChI is InChI=1S/C14H17N3S/c1-9-12(15)5-6-14(17-9)16-8-11-7-10-3-2-4-13(10)18-11/h5-7H,2-4,8,15H2,1H3,(H,16,17). The van der Waals surface area contributed by atoms with E-state index in [-0.39, 0.29) is 0 Å². The number of pyridine rings is 1.